The van der Waals surface area contributed by atoms with Gasteiger partial charge in [0.25, 0.3) is 0 Å². The lowest BCUT2D eigenvalue weighted by atomic mass is 10.3. The molecule has 4 nitrogen and oxygen atoms in total. The first-order valence-corrected chi connectivity index (χ1v) is 7.26. The van der Waals surface area contributed by atoms with Crippen LogP contribution in [0.25, 0.3) is 0 Å². The van der Waals surface area contributed by atoms with Crippen molar-refractivity contribution in [3.63, 3.8) is 0 Å². The summed E-state index contributed by atoms with van der Waals surface area (Å²) in [4.78, 5) is 11.3. The molecule has 0 saturated carbocycles. The molecule has 2 aromatic carbocycles. The molecule has 0 radical (unpaired) electrons. The van der Waals surface area contributed by atoms with Crippen LogP contribution in [-0.4, -0.2) is 19.2 Å². The number of methoxy groups -OCH3 is 1. The minimum absolute atomic E-state index is 0.125. The fourth-order valence-corrected chi connectivity index (χ4v) is 2.02. The standard InChI is InChI=1S/C16H14BrFO4/c1-10(16(19)20-2)21-12-4-6-13(7-5-12)22-15-8-3-11(17)9-14(15)18/h3-10H,1-2H3/t10-/m1/s1. The molecule has 0 aliphatic heterocycles. The molecule has 0 fully saturated rings. The van der Waals surface area contributed by atoms with E-state index in [4.69, 9.17) is 9.47 Å². The molecule has 2 rings (SSSR count). The van der Waals surface area contributed by atoms with Gasteiger partial charge in [-0.05, 0) is 49.4 Å². The Kier molecular flexibility index (Phi) is 5.38. The molecule has 0 amide bonds. The average molecular weight is 369 g/mol. The molecule has 0 aliphatic carbocycles. The molecule has 0 aliphatic rings. The van der Waals surface area contributed by atoms with Gasteiger partial charge in [0.05, 0.1) is 7.11 Å². The highest BCUT2D eigenvalue weighted by Gasteiger charge is 2.14. The molecule has 0 heterocycles. The van der Waals surface area contributed by atoms with E-state index in [1.165, 1.54) is 19.2 Å². The molecule has 0 unspecified atom stereocenters. The Morgan fingerprint density at radius 2 is 1.77 bits per heavy atom. The van der Waals surface area contributed by atoms with Crippen molar-refractivity contribution in [2.24, 2.45) is 0 Å². The van der Waals surface area contributed by atoms with E-state index in [9.17, 15) is 9.18 Å². The molecule has 2 aromatic rings. The van der Waals surface area contributed by atoms with Crippen LogP contribution in [0.1, 0.15) is 6.92 Å². The third-order valence-electron chi connectivity index (χ3n) is 2.79. The van der Waals surface area contributed by atoms with Crippen LogP contribution < -0.4 is 9.47 Å². The first kappa shape index (κ1) is 16.3. The summed E-state index contributed by atoms with van der Waals surface area (Å²) in [5.41, 5.74) is 0. The summed E-state index contributed by atoms with van der Waals surface area (Å²) in [6.07, 6.45) is -0.708. The SMILES string of the molecule is COC(=O)[C@@H](C)Oc1ccc(Oc2ccc(Br)cc2F)cc1. The van der Waals surface area contributed by atoms with Gasteiger partial charge < -0.3 is 14.2 Å². The fraction of sp³-hybridized carbons (Fsp3) is 0.188. The molecular weight excluding hydrogens is 355 g/mol. The fourth-order valence-electron chi connectivity index (χ4n) is 1.69. The smallest absolute Gasteiger partial charge is 0.346 e. The highest BCUT2D eigenvalue weighted by molar-refractivity contribution is 9.10. The van der Waals surface area contributed by atoms with Gasteiger partial charge in [-0.2, -0.15) is 0 Å². The maximum Gasteiger partial charge on any atom is 0.346 e. The number of halogens is 2. The van der Waals surface area contributed by atoms with Crippen LogP contribution in [0.3, 0.4) is 0 Å². The summed E-state index contributed by atoms with van der Waals surface area (Å²) in [5, 5.41) is 0. The molecule has 0 spiro atoms. The lowest BCUT2D eigenvalue weighted by Gasteiger charge is -2.13. The van der Waals surface area contributed by atoms with E-state index in [1.54, 1.807) is 37.3 Å². The van der Waals surface area contributed by atoms with Crippen molar-refractivity contribution < 1.29 is 23.4 Å². The minimum Gasteiger partial charge on any atom is -0.479 e. The van der Waals surface area contributed by atoms with Crippen molar-refractivity contribution in [1.82, 2.24) is 0 Å². The molecule has 0 N–H and O–H groups in total. The van der Waals surface area contributed by atoms with E-state index >= 15 is 0 Å². The summed E-state index contributed by atoms with van der Waals surface area (Å²) >= 11 is 3.18. The minimum atomic E-state index is -0.708. The summed E-state index contributed by atoms with van der Waals surface area (Å²) < 4.78 is 29.7. The number of carbonyl (C=O) groups is 1. The Bertz CT molecular complexity index is 658. The van der Waals surface area contributed by atoms with Crippen molar-refractivity contribution in [3.05, 3.63) is 52.8 Å². The van der Waals surface area contributed by atoms with E-state index in [-0.39, 0.29) is 5.75 Å². The Morgan fingerprint density at radius 1 is 1.14 bits per heavy atom. The highest BCUT2D eigenvalue weighted by Crippen LogP contribution is 2.28. The molecule has 0 saturated heterocycles. The van der Waals surface area contributed by atoms with Crippen LogP contribution in [0.2, 0.25) is 0 Å². The molecule has 0 bridgehead atoms. The zero-order valence-corrected chi connectivity index (χ0v) is 13.6. The van der Waals surface area contributed by atoms with Gasteiger partial charge in [0.15, 0.2) is 17.7 Å². The summed E-state index contributed by atoms with van der Waals surface area (Å²) in [5.74, 6) is 0.145. The number of esters is 1. The molecular formula is C16H14BrFO4. The third-order valence-corrected chi connectivity index (χ3v) is 3.28. The molecule has 0 aromatic heterocycles. The number of rotatable bonds is 5. The topological polar surface area (TPSA) is 44.8 Å². The predicted molar refractivity (Wildman–Crippen MR) is 82.7 cm³/mol. The van der Waals surface area contributed by atoms with E-state index in [1.807, 2.05) is 0 Å². The number of benzene rings is 2. The van der Waals surface area contributed by atoms with Gasteiger partial charge in [0.1, 0.15) is 11.5 Å². The van der Waals surface area contributed by atoms with Gasteiger partial charge in [-0.25, -0.2) is 9.18 Å². The van der Waals surface area contributed by atoms with E-state index in [0.717, 1.165) is 0 Å². The first-order valence-electron chi connectivity index (χ1n) is 6.47. The van der Waals surface area contributed by atoms with Crippen LogP contribution >= 0.6 is 15.9 Å². The Hall–Kier alpha value is -2.08. The highest BCUT2D eigenvalue weighted by atomic mass is 79.9. The van der Waals surface area contributed by atoms with Crippen molar-refractivity contribution in [3.8, 4) is 17.2 Å². The Labute approximate surface area is 135 Å². The van der Waals surface area contributed by atoms with Gasteiger partial charge in [0, 0.05) is 4.47 Å². The lowest BCUT2D eigenvalue weighted by molar-refractivity contribution is -0.147. The van der Waals surface area contributed by atoms with Crippen LogP contribution in [-0.2, 0) is 9.53 Å². The van der Waals surface area contributed by atoms with Gasteiger partial charge in [-0.15, -0.1) is 0 Å². The van der Waals surface area contributed by atoms with Crippen LogP contribution in [0.4, 0.5) is 4.39 Å². The van der Waals surface area contributed by atoms with Crippen molar-refractivity contribution in [2.45, 2.75) is 13.0 Å². The monoisotopic (exact) mass is 368 g/mol. The number of hydrogen-bond acceptors (Lipinski definition) is 4. The van der Waals surface area contributed by atoms with E-state index in [0.29, 0.717) is 16.0 Å². The van der Waals surface area contributed by atoms with Gasteiger partial charge >= 0.3 is 5.97 Å². The first-order chi connectivity index (χ1) is 10.5. The molecule has 1 atom stereocenters. The predicted octanol–water partition coefficient (Wildman–Crippen LogP) is 4.32. The zero-order valence-electron chi connectivity index (χ0n) is 12.0. The summed E-state index contributed by atoms with van der Waals surface area (Å²) in [6, 6.07) is 11.1. The number of ether oxygens (including phenoxy) is 3. The van der Waals surface area contributed by atoms with Gasteiger partial charge in [-0.3, -0.25) is 0 Å². The van der Waals surface area contributed by atoms with Crippen molar-refractivity contribution in [1.29, 1.82) is 0 Å². The Morgan fingerprint density at radius 3 is 2.36 bits per heavy atom. The van der Waals surface area contributed by atoms with Crippen molar-refractivity contribution in [2.75, 3.05) is 7.11 Å². The van der Waals surface area contributed by atoms with Gasteiger partial charge in [0.2, 0.25) is 0 Å². The third kappa shape index (κ3) is 4.21. The largest absolute Gasteiger partial charge is 0.479 e. The number of carbonyl (C=O) groups excluding carboxylic acids is 1. The quantitative estimate of drug-likeness (QED) is 0.737. The van der Waals surface area contributed by atoms with Gasteiger partial charge in [-0.1, -0.05) is 15.9 Å². The maximum absolute atomic E-state index is 13.7. The summed E-state index contributed by atoms with van der Waals surface area (Å²) in [6.45, 7) is 1.59. The normalized spacial score (nSPS) is 11.6. The van der Waals surface area contributed by atoms with E-state index < -0.39 is 17.9 Å². The second-order valence-corrected chi connectivity index (χ2v) is 5.35. The lowest BCUT2D eigenvalue weighted by Crippen LogP contribution is -2.24. The maximum atomic E-state index is 13.7. The van der Waals surface area contributed by atoms with E-state index in [2.05, 4.69) is 20.7 Å². The molecule has 6 heteroatoms. The molecule has 116 valence electrons. The van der Waals surface area contributed by atoms with Crippen LogP contribution in [0.5, 0.6) is 17.2 Å². The van der Waals surface area contributed by atoms with Crippen molar-refractivity contribution >= 4 is 21.9 Å². The van der Waals surface area contributed by atoms with Crippen LogP contribution in [0.15, 0.2) is 46.9 Å². The second-order valence-electron chi connectivity index (χ2n) is 4.43. The Balaban J connectivity index is 2.04. The molecule has 22 heavy (non-hydrogen) atoms. The zero-order chi connectivity index (χ0) is 16.1. The average Bonchev–Trinajstić information content (AvgIpc) is 2.51. The summed E-state index contributed by atoms with van der Waals surface area (Å²) in [7, 11) is 1.30. The number of hydrogen-bond donors (Lipinski definition) is 0. The van der Waals surface area contributed by atoms with Crippen LogP contribution in [0, 0.1) is 5.82 Å². The second kappa shape index (κ2) is 7.26.